The van der Waals surface area contributed by atoms with Crippen LogP contribution in [-0.4, -0.2) is 13.2 Å². The van der Waals surface area contributed by atoms with E-state index in [1.807, 2.05) is 60.7 Å². The fourth-order valence-corrected chi connectivity index (χ4v) is 5.00. The lowest BCUT2D eigenvalue weighted by molar-refractivity contribution is 0.286. The van der Waals surface area contributed by atoms with E-state index in [2.05, 4.69) is 4.67 Å². The number of rotatable bonds is 3. The highest BCUT2D eigenvalue weighted by molar-refractivity contribution is 8.10. The molecule has 1 atom stereocenters. The van der Waals surface area contributed by atoms with Crippen LogP contribution in [0.3, 0.4) is 0 Å². The summed E-state index contributed by atoms with van der Waals surface area (Å²) in [7, 11) is 0. The third-order valence-electron chi connectivity index (χ3n) is 3.08. The molecule has 1 aliphatic heterocycles. The van der Waals surface area contributed by atoms with E-state index in [9.17, 15) is 0 Å². The second kappa shape index (κ2) is 5.96. The molecule has 0 aliphatic carbocycles. The first-order valence-electron chi connectivity index (χ1n) is 6.60. The lowest BCUT2D eigenvalue weighted by Gasteiger charge is -2.38. The topological polar surface area (TPSA) is 21.7 Å². The standard InChI is InChI=1S/C15H16NO2PS/c20-19(18-15-10-5-2-6-11-15)16(12-7-13-17-19)14-8-3-1-4-9-14/h1-6,8-11H,7,12-13H2. The van der Waals surface area contributed by atoms with E-state index in [0.717, 1.165) is 24.4 Å². The van der Waals surface area contributed by atoms with Crippen molar-refractivity contribution in [1.29, 1.82) is 0 Å². The molecule has 5 heteroatoms. The van der Waals surface area contributed by atoms with Gasteiger partial charge in [-0.25, -0.2) is 0 Å². The Balaban J connectivity index is 1.90. The van der Waals surface area contributed by atoms with Gasteiger partial charge in [-0.15, -0.1) is 0 Å². The van der Waals surface area contributed by atoms with Gasteiger partial charge in [-0.05, 0) is 42.5 Å². The number of nitrogens with zero attached hydrogens (tertiary/aromatic N) is 1. The van der Waals surface area contributed by atoms with Gasteiger partial charge in [-0.1, -0.05) is 36.4 Å². The first kappa shape index (κ1) is 13.6. The van der Waals surface area contributed by atoms with Crippen LogP contribution in [0.1, 0.15) is 6.42 Å². The summed E-state index contributed by atoms with van der Waals surface area (Å²) < 4.78 is 14.0. The number of anilines is 1. The normalized spacial score (nSPS) is 22.5. The predicted molar refractivity (Wildman–Crippen MR) is 85.7 cm³/mol. The molecule has 0 aromatic heterocycles. The van der Waals surface area contributed by atoms with Crippen LogP contribution in [0.25, 0.3) is 0 Å². The second-order valence-electron chi connectivity index (χ2n) is 4.52. The minimum atomic E-state index is -2.50. The Morgan fingerprint density at radius 2 is 1.65 bits per heavy atom. The number of hydrogen-bond donors (Lipinski definition) is 0. The Labute approximate surface area is 124 Å². The quantitative estimate of drug-likeness (QED) is 0.792. The molecule has 1 unspecified atom stereocenters. The van der Waals surface area contributed by atoms with E-state index < -0.39 is 6.64 Å². The fourth-order valence-electron chi connectivity index (χ4n) is 2.15. The molecule has 0 N–H and O–H groups in total. The Morgan fingerprint density at radius 3 is 2.35 bits per heavy atom. The summed E-state index contributed by atoms with van der Waals surface area (Å²) in [6, 6.07) is 19.8. The van der Waals surface area contributed by atoms with Gasteiger partial charge in [0, 0.05) is 12.2 Å². The molecule has 3 nitrogen and oxygen atoms in total. The zero-order chi connectivity index (χ0) is 13.8. The smallest absolute Gasteiger partial charge is 0.342 e. The molecule has 2 aromatic rings. The van der Waals surface area contributed by atoms with Crippen molar-refractivity contribution in [1.82, 2.24) is 0 Å². The van der Waals surface area contributed by atoms with Crippen molar-refractivity contribution in [3.05, 3.63) is 60.7 Å². The van der Waals surface area contributed by atoms with E-state index in [-0.39, 0.29) is 0 Å². The van der Waals surface area contributed by atoms with Gasteiger partial charge in [-0.2, -0.15) is 0 Å². The van der Waals surface area contributed by atoms with Gasteiger partial charge < -0.3 is 9.05 Å². The van der Waals surface area contributed by atoms with Gasteiger partial charge in [0.1, 0.15) is 5.75 Å². The van der Waals surface area contributed by atoms with Crippen LogP contribution in [0.5, 0.6) is 5.75 Å². The third-order valence-corrected chi connectivity index (χ3v) is 6.19. The van der Waals surface area contributed by atoms with Gasteiger partial charge in [-0.3, -0.25) is 4.67 Å². The van der Waals surface area contributed by atoms with Crippen molar-refractivity contribution >= 4 is 24.1 Å². The molecule has 20 heavy (non-hydrogen) atoms. The Morgan fingerprint density at radius 1 is 1.00 bits per heavy atom. The molecule has 0 amide bonds. The van der Waals surface area contributed by atoms with E-state index >= 15 is 0 Å². The third kappa shape index (κ3) is 2.88. The number of para-hydroxylation sites is 2. The van der Waals surface area contributed by atoms with Crippen LogP contribution < -0.4 is 9.19 Å². The zero-order valence-electron chi connectivity index (χ0n) is 11.0. The summed E-state index contributed by atoms with van der Waals surface area (Å²) in [4.78, 5) is 0. The van der Waals surface area contributed by atoms with E-state index in [0.29, 0.717) is 6.61 Å². The molecule has 0 saturated carbocycles. The summed E-state index contributed by atoms with van der Waals surface area (Å²) in [6.45, 7) is -0.971. The second-order valence-corrected chi connectivity index (χ2v) is 7.76. The Hall–Kier alpha value is -1.35. The van der Waals surface area contributed by atoms with Crippen LogP contribution >= 0.6 is 6.64 Å². The van der Waals surface area contributed by atoms with E-state index in [1.165, 1.54) is 0 Å². The summed E-state index contributed by atoms with van der Waals surface area (Å²) in [5, 5.41) is 0. The van der Waals surface area contributed by atoms with Crippen LogP contribution in [0.15, 0.2) is 60.7 Å². The van der Waals surface area contributed by atoms with E-state index in [1.54, 1.807) is 0 Å². The lowest BCUT2D eigenvalue weighted by Crippen LogP contribution is -2.30. The summed E-state index contributed by atoms with van der Waals surface area (Å²) in [5.74, 6) is 0.763. The molecular formula is C15H16NO2PS. The molecule has 0 radical (unpaired) electrons. The van der Waals surface area contributed by atoms with Gasteiger partial charge in [0.2, 0.25) is 0 Å². The van der Waals surface area contributed by atoms with E-state index in [4.69, 9.17) is 20.9 Å². The molecule has 104 valence electrons. The molecule has 0 bridgehead atoms. The summed E-state index contributed by atoms with van der Waals surface area (Å²) >= 11 is 5.73. The zero-order valence-corrected chi connectivity index (χ0v) is 12.7. The van der Waals surface area contributed by atoms with Gasteiger partial charge >= 0.3 is 6.64 Å². The number of hydrogen-bond acceptors (Lipinski definition) is 3. The molecule has 3 rings (SSSR count). The summed E-state index contributed by atoms with van der Waals surface area (Å²) in [6.07, 6.45) is 0.964. The summed E-state index contributed by atoms with van der Waals surface area (Å²) in [5.41, 5.74) is 1.06. The molecule has 1 heterocycles. The molecule has 0 spiro atoms. The van der Waals surface area contributed by atoms with Gasteiger partial charge in [0.05, 0.1) is 6.61 Å². The highest BCUT2D eigenvalue weighted by Gasteiger charge is 2.33. The highest BCUT2D eigenvalue weighted by atomic mass is 32.5. The molecule has 1 saturated heterocycles. The van der Waals surface area contributed by atoms with Gasteiger partial charge in [0.25, 0.3) is 0 Å². The highest BCUT2D eigenvalue weighted by Crippen LogP contribution is 2.56. The minimum Gasteiger partial charge on any atom is -0.429 e. The first-order chi connectivity index (χ1) is 9.78. The minimum absolute atomic E-state index is 0.660. The fraction of sp³-hybridized carbons (Fsp3) is 0.200. The van der Waals surface area contributed by atoms with Crippen molar-refractivity contribution in [2.75, 3.05) is 17.8 Å². The maximum absolute atomic E-state index is 6.04. The van der Waals surface area contributed by atoms with Crippen molar-refractivity contribution in [3.63, 3.8) is 0 Å². The maximum Gasteiger partial charge on any atom is 0.342 e. The maximum atomic E-state index is 6.04. The van der Waals surface area contributed by atoms with Crippen molar-refractivity contribution in [2.24, 2.45) is 0 Å². The SMILES string of the molecule is S=P1(Oc2ccccc2)OCCCN1c1ccccc1. The van der Waals surface area contributed by atoms with Crippen LogP contribution in [0.4, 0.5) is 5.69 Å². The Bertz CT molecular complexity index is 606. The lowest BCUT2D eigenvalue weighted by atomic mass is 10.3. The monoisotopic (exact) mass is 305 g/mol. The van der Waals surface area contributed by atoms with Crippen LogP contribution in [0, 0.1) is 0 Å². The Kier molecular flexibility index (Phi) is 4.06. The van der Waals surface area contributed by atoms with Crippen molar-refractivity contribution in [3.8, 4) is 5.75 Å². The molecule has 2 aromatic carbocycles. The molecule has 1 aliphatic rings. The average molecular weight is 305 g/mol. The van der Waals surface area contributed by atoms with Crippen molar-refractivity contribution in [2.45, 2.75) is 6.42 Å². The number of benzene rings is 2. The van der Waals surface area contributed by atoms with Crippen LogP contribution in [0.2, 0.25) is 0 Å². The van der Waals surface area contributed by atoms with Crippen molar-refractivity contribution < 1.29 is 9.05 Å². The molecule has 1 fully saturated rings. The van der Waals surface area contributed by atoms with Crippen LogP contribution in [-0.2, 0) is 16.3 Å². The van der Waals surface area contributed by atoms with Gasteiger partial charge in [0.15, 0.2) is 0 Å². The largest absolute Gasteiger partial charge is 0.429 e. The predicted octanol–water partition coefficient (Wildman–Crippen LogP) is 4.22. The molecular weight excluding hydrogens is 289 g/mol. The first-order valence-corrected chi connectivity index (χ1v) is 9.19. The average Bonchev–Trinajstić information content (AvgIpc) is 2.49.